The van der Waals surface area contributed by atoms with Crippen LogP contribution in [0.15, 0.2) is 146 Å². The van der Waals surface area contributed by atoms with Gasteiger partial charge in [0.25, 0.3) is 5.91 Å². The Morgan fingerprint density at radius 2 is 0.902 bits per heavy atom. The van der Waals surface area contributed by atoms with Crippen LogP contribution in [0.4, 0.5) is 32.8 Å². The van der Waals surface area contributed by atoms with Crippen molar-refractivity contribution in [2.75, 3.05) is 28.8 Å². The predicted molar refractivity (Wildman–Crippen MR) is 203 cm³/mol. The zero-order valence-corrected chi connectivity index (χ0v) is 28.2. The first kappa shape index (κ1) is 28.6. The zero-order valence-electron chi connectivity index (χ0n) is 28.2. The first-order valence-corrected chi connectivity index (χ1v) is 17.5. The molecule has 7 aromatic rings. The van der Waals surface area contributed by atoms with Gasteiger partial charge in [-0.3, -0.25) is 4.79 Å². The largest absolute Gasteiger partial charge is 0.344 e. The minimum Gasteiger partial charge on any atom is -0.344 e. The summed E-state index contributed by atoms with van der Waals surface area (Å²) in [5.41, 5.74) is 13.1. The van der Waals surface area contributed by atoms with Crippen LogP contribution in [-0.2, 0) is 17.4 Å². The van der Waals surface area contributed by atoms with Crippen molar-refractivity contribution in [2.24, 2.45) is 0 Å². The van der Waals surface area contributed by atoms with Gasteiger partial charge in [-0.15, -0.1) is 0 Å². The van der Waals surface area contributed by atoms with Crippen molar-refractivity contribution >= 4 is 45.1 Å². The molecule has 0 saturated carbocycles. The number of fused-ring (bicyclic) bond motifs is 11. The van der Waals surface area contributed by atoms with Gasteiger partial charge in [-0.25, -0.2) is 4.39 Å². The topological polar surface area (TPSA) is 26.8 Å². The number of carbonyl (C=O) groups is 1. The third-order valence-corrected chi connectivity index (χ3v) is 12.2. The fourth-order valence-electron chi connectivity index (χ4n) is 10.4. The number of hydrogen-bond acceptors (Lipinski definition) is 3. The molecule has 51 heavy (non-hydrogen) atoms. The van der Waals surface area contributed by atoms with E-state index in [4.69, 9.17) is 0 Å². The molecule has 4 aliphatic rings. The first-order valence-electron chi connectivity index (χ1n) is 17.5. The highest BCUT2D eigenvalue weighted by molar-refractivity contribution is 6.27. The van der Waals surface area contributed by atoms with Gasteiger partial charge in [-0.05, 0) is 92.9 Å². The maximum Gasteiger partial charge on any atom is 0.259 e. The highest BCUT2D eigenvalue weighted by Crippen LogP contribution is 2.73. The third kappa shape index (κ3) is 3.19. The van der Waals surface area contributed by atoms with Crippen LogP contribution in [0.5, 0.6) is 0 Å². The number of amides is 1. The number of benzene rings is 7. The van der Waals surface area contributed by atoms with Crippen LogP contribution in [0.2, 0.25) is 0 Å². The smallest absolute Gasteiger partial charge is 0.259 e. The molecule has 5 heteroatoms. The fraction of sp³-hybridized carbons (Fsp3) is 0.109. The van der Waals surface area contributed by atoms with Crippen LogP contribution in [0.1, 0.15) is 49.3 Å². The molecule has 0 unspecified atom stereocenters. The maximum atomic E-state index is 14.4. The molecule has 1 amide bonds. The summed E-state index contributed by atoms with van der Waals surface area (Å²) in [5, 5.41) is 2.14. The highest BCUT2D eigenvalue weighted by atomic mass is 19.1. The van der Waals surface area contributed by atoms with Crippen LogP contribution in [0.3, 0.4) is 0 Å². The van der Waals surface area contributed by atoms with Gasteiger partial charge in [-0.1, -0.05) is 97.1 Å². The summed E-state index contributed by atoms with van der Waals surface area (Å²) in [4.78, 5) is 21.0. The molecule has 7 aromatic carbocycles. The van der Waals surface area contributed by atoms with Crippen LogP contribution >= 0.6 is 0 Å². The Morgan fingerprint density at radius 3 is 1.37 bits per heavy atom. The molecule has 0 N–H and O–H groups in total. The molecule has 2 spiro atoms. The summed E-state index contributed by atoms with van der Waals surface area (Å²) >= 11 is 0. The van der Waals surface area contributed by atoms with E-state index >= 15 is 0 Å². The molecule has 0 aromatic heterocycles. The Hall–Kier alpha value is -6.20. The molecular formula is C46H32FN3O. The number of para-hydroxylation sites is 4. The van der Waals surface area contributed by atoms with E-state index in [-0.39, 0.29) is 11.7 Å². The van der Waals surface area contributed by atoms with Crippen molar-refractivity contribution < 1.29 is 9.18 Å². The molecule has 0 bridgehead atoms. The Kier molecular flexibility index (Phi) is 5.46. The van der Waals surface area contributed by atoms with Crippen molar-refractivity contribution in [3.05, 3.63) is 196 Å². The van der Waals surface area contributed by atoms with Gasteiger partial charge in [0, 0.05) is 47.8 Å². The van der Waals surface area contributed by atoms with Crippen LogP contribution in [0.25, 0.3) is 10.8 Å². The summed E-state index contributed by atoms with van der Waals surface area (Å²) in [5.74, 6) is -0.314. The first-order chi connectivity index (χ1) is 25.0. The number of hydrogen-bond donors (Lipinski definition) is 0. The Balaban J connectivity index is 1.35. The van der Waals surface area contributed by atoms with Gasteiger partial charge >= 0.3 is 0 Å². The number of anilines is 5. The Labute approximate surface area is 295 Å². The summed E-state index contributed by atoms with van der Waals surface area (Å²) in [6.07, 6.45) is 0. The summed E-state index contributed by atoms with van der Waals surface area (Å²) in [6.45, 7) is 0.362. The lowest BCUT2D eigenvalue weighted by Gasteiger charge is -2.56. The van der Waals surface area contributed by atoms with E-state index in [1.54, 1.807) is 12.1 Å². The Morgan fingerprint density at radius 1 is 0.471 bits per heavy atom. The van der Waals surface area contributed by atoms with Crippen molar-refractivity contribution in [1.29, 1.82) is 0 Å². The van der Waals surface area contributed by atoms with Gasteiger partial charge in [0.05, 0.1) is 23.1 Å². The monoisotopic (exact) mass is 661 g/mol. The van der Waals surface area contributed by atoms with Crippen molar-refractivity contribution in [2.45, 2.75) is 17.4 Å². The van der Waals surface area contributed by atoms with Gasteiger partial charge in [0.1, 0.15) is 5.82 Å². The minimum atomic E-state index is -0.701. The van der Waals surface area contributed by atoms with Gasteiger partial charge in [-0.2, -0.15) is 0 Å². The molecule has 4 nitrogen and oxygen atoms in total. The number of halogens is 1. The average Bonchev–Trinajstić information content (AvgIpc) is 3.60. The second-order valence-corrected chi connectivity index (χ2v) is 14.2. The molecule has 0 fully saturated rings. The van der Waals surface area contributed by atoms with Gasteiger partial charge in [0.2, 0.25) is 0 Å². The number of carbonyl (C=O) groups excluding carboxylic acids is 1. The van der Waals surface area contributed by atoms with Crippen LogP contribution in [0, 0.1) is 5.82 Å². The van der Waals surface area contributed by atoms with Gasteiger partial charge < -0.3 is 14.7 Å². The third-order valence-electron chi connectivity index (χ3n) is 12.2. The second kappa shape index (κ2) is 9.73. The van der Waals surface area contributed by atoms with E-state index in [2.05, 4.69) is 145 Å². The standard InChI is InChI=1S/C46H32FN3O/c1-48-37-15-7-3-11-31(37)45(32-12-4-8-16-38(32)48)35-24-23-30-42-41(50(44(30)51)27-28-19-21-29(47)22-20-28)26-25-36(43(35)42)46(45)33-13-5-9-17-39(33)49(2)40-18-10-6-14-34(40)46/h3-26H,27H2,1-2H3. The molecule has 11 rings (SSSR count). The van der Waals surface area contributed by atoms with Crippen LogP contribution in [-0.4, -0.2) is 20.0 Å². The lowest BCUT2D eigenvalue weighted by atomic mass is 9.48. The summed E-state index contributed by atoms with van der Waals surface area (Å²) < 4.78 is 13.9. The molecular weight excluding hydrogens is 630 g/mol. The molecule has 1 aliphatic carbocycles. The highest BCUT2D eigenvalue weighted by Gasteiger charge is 2.67. The quantitative estimate of drug-likeness (QED) is 0.185. The van der Waals surface area contributed by atoms with Gasteiger partial charge in [0.15, 0.2) is 0 Å². The van der Waals surface area contributed by atoms with E-state index in [0.29, 0.717) is 12.1 Å². The normalized spacial score (nSPS) is 16.5. The minimum absolute atomic E-state index is 0.0265. The van der Waals surface area contributed by atoms with E-state index in [9.17, 15) is 9.18 Å². The van der Waals surface area contributed by atoms with Crippen molar-refractivity contribution in [1.82, 2.24) is 0 Å². The lowest BCUT2D eigenvalue weighted by molar-refractivity contribution is 0.0991. The SMILES string of the molecule is CN1c2ccccc2C2(c3ccccc31)c1ccc3c4c(ccc(c14)C21c2ccccc2N(C)c2ccccc21)N(Cc1ccc(F)cc1)C3=O. The lowest BCUT2D eigenvalue weighted by Crippen LogP contribution is -2.54. The molecule has 0 radical (unpaired) electrons. The molecule has 244 valence electrons. The number of nitrogens with zero attached hydrogens (tertiary/aromatic N) is 3. The summed E-state index contributed by atoms with van der Waals surface area (Å²) in [6, 6.07) is 50.8. The van der Waals surface area contributed by atoms with Crippen molar-refractivity contribution in [3.8, 4) is 0 Å². The maximum absolute atomic E-state index is 14.4. The molecule has 0 saturated heterocycles. The van der Waals surface area contributed by atoms with E-state index in [0.717, 1.165) is 22.0 Å². The van der Waals surface area contributed by atoms with E-state index in [1.807, 2.05) is 4.90 Å². The Bertz CT molecular complexity index is 2450. The fourth-order valence-corrected chi connectivity index (χ4v) is 10.4. The number of rotatable bonds is 2. The average molecular weight is 662 g/mol. The molecule has 3 aliphatic heterocycles. The summed E-state index contributed by atoms with van der Waals surface area (Å²) in [7, 11) is 4.35. The van der Waals surface area contributed by atoms with E-state index < -0.39 is 10.8 Å². The predicted octanol–water partition coefficient (Wildman–Crippen LogP) is 9.98. The van der Waals surface area contributed by atoms with Crippen molar-refractivity contribution in [3.63, 3.8) is 0 Å². The zero-order chi connectivity index (χ0) is 34.2. The molecule has 0 atom stereocenters. The van der Waals surface area contributed by atoms with Crippen LogP contribution < -0.4 is 14.7 Å². The molecule has 3 heterocycles. The second-order valence-electron chi connectivity index (χ2n) is 14.2. The van der Waals surface area contributed by atoms with E-state index in [1.165, 1.54) is 68.3 Å².